The minimum absolute atomic E-state index is 0.212. The van der Waals surface area contributed by atoms with Gasteiger partial charge in [0.25, 0.3) is 0 Å². The second-order valence-corrected chi connectivity index (χ2v) is 12.1. The van der Waals surface area contributed by atoms with E-state index in [1.54, 1.807) is 19.2 Å². The first kappa shape index (κ1) is 24.3. The van der Waals surface area contributed by atoms with Crippen molar-refractivity contribution in [2.45, 2.75) is 64.6 Å². The van der Waals surface area contributed by atoms with Crippen LogP contribution in [0.25, 0.3) is 0 Å². The Morgan fingerprint density at radius 1 is 1.07 bits per heavy atom. The lowest BCUT2D eigenvalue weighted by Gasteiger charge is -2.48. The molecule has 1 unspecified atom stereocenters. The number of benzene rings is 1. The van der Waals surface area contributed by atoms with Crippen LogP contribution in [0.2, 0.25) is 0 Å². The van der Waals surface area contributed by atoms with E-state index in [0.717, 1.165) is 37.3 Å². The van der Waals surface area contributed by atoms with E-state index in [1.807, 2.05) is 0 Å². The fourth-order valence-electron chi connectivity index (χ4n) is 3.69. The highest BCUT2D eigenvalue weighted by molar-refractivity contribution is 8.30. The van der Waals surface area contributed by atoms with Gasteiger partial charge in [0.05, 0.1) is 11.5 Å². The van der Waals surface area contributed by atoms with Crippen LogP contribution in [0.15, 0.2) is 24.3 Å². The minimum Gasteiger partial charge on any atom is -0.374 e. The van der Waals surface area contributed by atoms with Crippen molar-refractivity contribution in [3.63, 3.8) is 0 Å². The number of halogens is 3. The maximum Gasteiger partial charge on any atom is 0.416 e. The number of hydrogen-bond acceptors (Lipinski definition) is 2. The molecule has 1 atom stereocenters. The predicted octanol–water partition coefficient (Wildman–Crippen LogP) is 6.45. The van der Waals surface area contributed by atoms with Crippen molar-refractivity contribution in [1.82, 2.24) is 4.31 Å². The number of alkyl halides is 3. The molecule has 1 aromatic rings. The van der Waals surface area contributed by atoms with E-state index in [9.17, 15) is 13.2 Å². The molecule has 0 heterocycles. The monoisotopic (exact) mass is 407 g/mol. The zero-order valence-corrected chi connectivity index (χ0v) is 18.6. The third-order valence-corrected chi connectivity index (χ3v) is 7.69. The fourth-order valence-corrected chi connectivity index (χ4v) is 6.08. The van der Waals surface area contributed by atoms with Crippen molar-refractivity contribution < 1.29 is 17.9 Å². The molecule has 0 N–H and O–H groups in total. The van der Waals surface area contributed by atoms with Crippen molar-refractivity contribution in [1.29, 1.82) is 0 Å². The SMILES string of the molecule is CCCCN(C(C)CC(C)(C)c1ccc(C(F)(F)F)cc1)S(C)(C)COC. The standard InChI is InChI=1S/C21H36F3NOS/c1-8-9-14-25(27(6,7)16-26-5)17(2)15-20(3,4)18-10-12-19(13-11-18)21(22,23)24/h10-13,17H,8-9,14-16H2,1-7H3. The van der Waals surface area contributed by atoms with Crippen molar-refractivity contribution in [3.8, 4) is 0 Å². The molecule has 1 rings (SSSR count). The average Bonchev–Trinajstić information content (AvgIpc) is 2.53. The number of nitrogens with zero attached hydrogens (tertiary/aromatic N) is 1. The second kappa shape index (κ2) is 9.66. The Bertz CT molecular complexity index is 570. The van der Waals surface area contributed by atoms with Crippen molar-refractivity contribution in [2.75, 3.05) is 32.1 Å². The van der Waals surface area contributed by atoms with Crippen LogP contribution in [0.1, 0.15) is 58.1 Å². The van der Waals surface area contributed by atoms with Crippen molar-refractivity contribution in [2.24, 2.45) is 0 Å². The van der Waals surface area contributed by atoms with Gasteiger partial charge < -0.3 is 4.74 Å². The molecule has 27 heavy (non-hydrogen) atoms. The molecule has 0 radical (unpaired) electrons. The third-order valence-electron chi connectivity index (χ3n) is 5.06. The molecule has 0 spiro atoms. The van der Waals surface area contributed by atoms with E-state index < -0.39 is 22.0 Å². The van der Waals surface area contributed by atoms with E-state index in [1.165, 1.54) is 12.1 Å². The first-order valence-corrected chi connectivity index (χ1v) is 12.1. The first-order chi connectivity index (χ1) is 12.3. The lowest BCUT2D eigenvalue weighted by molar-refractivity contribution is -0.137. The van der Waals surface area contributed by atoms with E-state index in [-0.39, 0.29) is 5.41 Å². The fraction of sp³-hybridized carbons (Fsp3) is 0.714. The minimum atomic E-state index is -4.29. The summed E-state index contributed by atoms with van der Waals surface area (Å²) in [5.41, 5.74) is 0.138. The summed E-state index contributed by atoms with van der Waals surface area (Å²) in [5.74, 6) is 0.724. The molecule has 0 fully saturated rings. The highest BCUT2D eigenvalue weighted by atomic mass is 32.3. The van der Waals surface area contributed by atoms with Gasteiger partial charge in [-0.3, -0.25) is 4.31 Å². The van der Waals surface area contributed by atoms with Gasteiger partial charge in [0.2, 0.25) is 0 Å². The normalized spacial score (nSPS) is 15.2. The van der Waals surface area contributed by atoms with Gasteiger partial charge in [0.15, 0.2) is 0 Å². The summed E-state index contributed by atoms with van der Waals surface area (Å²) in [6.45, 7) is 9.66. The zero-order chi connectivity index (χ0) is 20.9. The molecule has 0 aromatic heterocycles. The Labute approximate surface area is 164 Å². The van der Waals surface area contributed by atoms with Gasteiger partial charge in [-0.15, -0.1) is 0 Å². The summed E-state index contributed by atoms with van der Waals surface area (Å²) in [5, 5.41) is 0. The number of rotatable bonds is 10. The molecule has 6 heteroatoms. The summed E-state index contributed by atoms with van der Waals surface area (Å²) in [4.78, 5) is 0. The largest absolute Gasteiger partial charge is 0.416 e. The summed E-state index contributed by atoms with van der Waals surface area (Å²) < 4.78 is 46.5. The molecule has 0 bridgehead atoms. The van der Waals surface area contributed by atoms with E-state index in [2.05, 4.69) is 44.5 Å². The number of methoxy groups -OCH3 is 1. The molecular formula is C21H36F3NOS. The highest BCUT2D eigenvalue weighted by Gasteiger charge is 2.33. The molecular weight excluding hydrogens is 371 g/mol. The summed E-state index contributed by atoms with van der Waals surface area (Å²) in [7, 11) is 0.677. The van der Waals surface area contributed by atoms with E-state index >= 15 is 0 Å². The van der Waals surface area contributed by atoms with Gasteiger partial charge in [-0.1, -0.05) is 39.3 Å². The summed E-state index contributed by atoms with van der Waals surface area (Å²) in [6.07, 6.45) is 3.39. The lowest BCUT2D eigenvalue weighted by Crippen LogP contribution is -2.40. The molecule has 0 saturated heterocycles. The third kappa shape index (κ3) is 6.99. The summed E-state index contributed by atoms with van der Waals surface area (Å²) in [6, 6.07) is 5.94. The van der Waals surface area contributed by atoms with Crippen LogP contribution in [-0.2, 0) is 16.3 Å². The van der Waals surface area contributed by atoms with E-state index in [4.69, 9.17) is 4.74 Å². The molecule has 1 aromatic carbocycles. The van der Waals surface area contributed by atoms with Gasteiger partial charge in [-0.05, 0) is 55.4 Å². The first-order valence-electron chi connectivity index (χ1n) is 9.49. The topological polar surface area (TPSA) is 12.5 Å². The molecule has 2 nitrogen and oxygen atoms in total. The van der Waals surface area contributed by atoms with Crippen molar-refractivity contribution >= 4 is 10.2 Å². The second-order valence-electron chi connectivity index (χ2n) is 8.39. The Morgan fingerprint density at radius 2 is 1.59 bits per heavy atom. The molecule has 158 valence electrons. The molecule has 0 aliphatic heterocycles. The quantitative estimate of drug-likeness (QED) is 0.442. The van der Waals surface area contributed by atoms with Crippen LogP contribution >= 0.6 is 10.2 Å². The van der Waals surface area contributed by atoms with Crippen LogP contribution in [0.4, 0.5) is 13.2 Å². The van der Waals surface area contributed by atoms with Crippen LogP contribution in [0, 0.1) is 0 Å². The average molecular weight is 408 g/mol. The Hall–Kier alpha value is -0.720. The smallest absolute Gasteiger partial charge is 0.374 e. The molecule has 0 amide bonds. The Balaban J connectivity index is 2.99. The van der Waals surface area contributed by atoms with Crippen LogP contribution in [0.5, 0.6) is 0 Å². The van der Waals surface area contributed by atoms with Gasteiger partial charge in [-0.2, -0.15) is 23.4 Å². The number of hydrogen-bond donors (Lipinski definition) is 0. The lowest BCUT2D eigenvalue weighted by atomic mass is 9.79. The highest BCUT2D eigenvalue weighted by Crippen LogP contribution is 2.47. The molecule has 0 aliphatic carbocycles. The maximum atomic E-state index is 12.8. The molecule has 0 aliphatic rings. The van der Waals surface area contributed by atoms with Gasteiger partial charge >= 0.3 is 6.18 Å². The van der Waals surface area contributed by atoms with Gasteiger partial charge in [0.1, 0.15) is 0 Å². The van der Waals surface area contributed by atoms with E-state index in [0.29, 0.717) is 6.04 Å². The molecule has 0 saturated carbocycles. The number of unbranched alkanes of at least 4 members (excludes halogenated alkanes) is 1. The zero-order valence-electron chi connectivity index (χ0n) is 17.8. The Morgan fingerprint density at radius 3 is 2.04 bits per heavy atom. The number of ether oxygens (including phenoxy) is 1. The van der Waals surface area contributed by atoms with Crippen LogP contribution in [0.3, 0.4) is 0 Å². The van der Waals surface area contributed by atoms with Gasteiger partial charge in [0, 0.05) is 19.7 Å². The van der Waals surface area contributed by atoms with Crippen LogP contribution in [-0.4, -0.2) is 42.5 Å². The van der Waals surface area contributed by atoms with Crippen LogP contribution < -0.4 is 0 Å². The van der Waals surface area contributed by atoms with Gasteiger partial charge in [-0.25, -0.2) is 0 Å². The van der Waals surface area contributed by atoms with Crippen molar-refractivity contribution in [3.05, 3.63) is 35.4 Å². The maximum absolute atomic E-state index is 12.8. The Kier molecular flexibility index (Phi) is 8.70. The predicted molar refractivity (Wildman–Crippen MR) is 111 cm³/mol. The summed E-state index contributed by atoms with van der Waals surface area (Å²) >= 11 is 0.